The lowest BCUT2D eigenvalue weighted by atomic mass is 9.85. The smallest absolute Gasteiger partial charge is 0.123 e. The molecule has 1 fully saturated rings. The average molecular weight is 659 g/mol. The molecular weight excluding hydrogens is 588 g/mol. The first kappa shape index (κ1) is 44.7. The highest BCUT2D eigenvalue weighted by molar-refractivity contribution is 5.85. The van der Waals surface area contributed by atoms with Gasteiger partial charge in [0.2, 0.25) is 0 Å². The number of nitrogens with zero attached hydrogens (tertiary/aromatic N) is 2. The van der Waals surface area contributed by atoms with Gasteiger partial charge in [-0.15, -0.1) is 6.58 Å². The van der Waals surface area contributed by atoms with E-state index in [1.807, 2.05) is 53.7 Å². The number of aryl methyl sites for hydroxylation is 1. The van der Waals surface area contributed by atoms with Crippen LogP contribution < -0.4 is 0 Å². The zero-order chi connectivity index (χ0) is 37.0. The Balaban J connectivity index is 0.00000252. The lowest BCUT2D eigenvalue weighted by Gasteiger charge is -2.36. The first-order valence-electron chi connectivity index (χ1n) is 18.6. The SMILES string of the molecule is C=C(C(=C)N(CCC)CCC)/C(=C/C)c1cc(C(=C)N2CCC(Cc3ccc(F)cc3)CC2)c(C(C)C)cc1C.C=C(C)C.CC.CC. The first-order valence-corrected chi connectivity index (χ1v) is 18.6. The molecule has 0 aliphatic carbocycles. The molecule has 0 spiro atoms. The normalized spacial score (nSPS) is 12.9. The summed E-state index contributed by atoms with van der Waals surface area (Å²) in [6.45, 7) is 46.4. The van der Waals surface area contributed by atoms with Crippen LogP contribution in [0.25, 0.3) is 11.3 Å². The summed E-state index contributed by atoms with van der Waals surface area (Å²) in [4.78, 5) is 4.84. The molecule has 0 atom stereocenters. The van der Waals surface area contributed by atoms with E-state index in [-0.39, 0.29) is 5.82 Å². The molecule has 268 valence electrons. The number of halogens is 1. The molecule has 1 heterocycles. The number of benzene rings is 2. The van der Waals surface area contributed by atoms with Crippen LogP contribution in [0.1, 0.15) is 136 Å². The molecule has 48 heavy (non-hydrogen) atoms. The van der Waals surface area contributed by atoms with Crippen LogP contribution >= 0.6 is 0 Å². The number of piperidine rings is 1. The summed E-state index contributed by atoms with van der Waals surface area (Å²) in [7, 11) is 0. The van der Waals surface area contributed by atoms with Crippen molar-refractivity contribution in [1.82, 2.24) is 9.80 Å². The van der Waals surface area contributed by atoms with E-state index in [0.717, 1.165) is 80.8 Å². The molecule has 1 aliphatic rings. The minimum Gasteiger partial charge on any atom is -0.372 e. The van der Waals surface area contributed by atoms with Crippen molar-refractivity contribution in [2.24, 2.45) is 5.92 Å². The van der Waals surface area contributed by atoms with Crippen molar-refractivity contribution in [2.45, 2.75) is 121 Å². The summed E-state index contributed by atoms with van der Waals surface area (Å²) < 4.78 is 13.3. The van der Waals surface area contributed by atoms with Crippen molar-refractivity contribution >= 4 is 11.3 Å². The molecule has 3 heteroatoms. The van der Waals surface area contributed by atoms with Crippen molar-refractivity contribution in [3.05, 3.63) is 119 Å². The number of likely N-dealkylation sites (tertiary alicyclic amines) is 1. The topological polar surface area (TPSA) is 6.48 Å². The van der Waals surface area contributed by atoms with Gasteiger partial charge >= 0.3 is 0 Å². The van der Waals surface area contributed by atoms with Crippen LogP contribution in [0.2, 0.25) is 0 Å². The van der Waals surface area contributed by atoms with Crippen LogP contribution in [0.3, 0.4) is 0 Å². The molecule has 0 bridgehead atoms. The van der Waals surface area contributed by atoms with Gasteiger partial charge in [0.1, 0.15) is 5.82 Å². The monoisotopic (exact) mass is 659 g/mol. The molecular formula is C45H71FN2. The second-order valence-electron chi connectivity index (χ2n) is 12.9. The fraction of sp³-hybridized carbons (Fsp3) is 0.511. The maximum absolute atomic E-state index is 13.3. The minimum absolute atomic E-state index is 0.165. The van der Waals surface area contributed by atoms with Gasteiger partial charge in [-0.3, -0.25) is 0 Å². The standard InChI is InChI=1S/C37H51FN2.C4H8.2C2H6/c1-10-19-39(20-11-2)29(8)28(7)34(12-3)36-25-37(35(26(4)5)23-27(36)6)30(9)40-21-17-32(18-22-40)24-31-13-15-33(38)16-14-31;1-4(2)3;2*1-2/h12-16,23,25-26,32H,7-11,17-22,24H2,1-6H3;1H2,2-3H3;2*1-2H3/b34-12-;;;. The molecule has 2 nitrogen and oxygen atoms in total. The summed E-state index contributed by atoms with van der Waals surface area (Å²) in [5.41, 5.74) is 11.7. The highest BCUT2D eigenvalue weighted by Gasteiger charge is 2.24. The van der Waals surface area contributed by atoms with Crippen molar-refractivity contribution < 1.29 is 4.39 Å². The molecule has 2 aromatic rings. The van der Waals surface area contributed by atoms with Crippen molar-refractivity contribution in [3.8, 4) is 0 Å². The van der Waals surface area contributed by atoms with E-state index in [4.69, 9.17) is 0 Å². The fourth-order valence-corrected chi connectivity index (χ4v) is 6.04. The number of hydrogen-bond acceptors (Lipinski definition) is 2. The molecule has 0 aromatic heterocycles. The third kappa shape index (κ3) is 14.0. The maximum Gasteiger partial charge on any atom is 0.123 e. The predicted octanol–water partition coefficient (Wildman–Crippen LogP) is 13.4. The van der Waals surface area contributed by atoms with E-state index >= 15 is 0 Å². The Labute approximate surface area is 297 Å². The van der Waals surface area contributed by atoms with E-state index in [1.165, 1.54) is 33.4 Å². The average Bonchev–Trinajstić information content (AvgIpc) is 3.07. The van der Waals surface area contributed by atoms with Crippen LogP contribution in [0.5, 0.6) is 0 Å². The Morgan fingerprint density at radius 1 is 0.896 bits per heavy atom. The van der Waals surface area contributed by atoms with E-state index in [1.54, 1.807) is 12.1 Å². The molecule has 1 saturated heterocycles. The van der Waals surface area contributed by atoms with Crippen molar-refractivity contribution in [2.75, 3.05) is 26.2 Å². The number of rotatable bonds is 13. The quantitative estimate of drug-likeness (QED) is 0.156. The second-order valence-corrected chi connectivity index (χ2v) is 12.9. The summed E-state index contributed by atoms with van der Waals surface area (Å²) in [6.07, 6.45) is 7.61. The maximum atomic E-state index is 13.3. The van der Waals surface area contributed by atoms with Gasteiger partial charge < -0.3 is 9.80 Å². The van der Waals surface area contributed by atoms with Crippen LogP contribution in [-0.2, 0) is 6.42 Å². The molecule has 0 N–H and O–H groups in total. The van der Waals surface area contributed by atoms with Crippen LogP contribution in [-0.4, -0.2) is 36.0 Å². The van der Waals surface area contributed by atoms with Gasteiger partial charge in [0, 0.05) is 43.1 Å². The molecule has 0 saturated carbocycles. The van der Waals surface area contributed by atoms with E-state index in [9.17, 15) is 4.39 Å². The van der Waals surface area contributed by atoms with E-state index in [0.29, 0.717) is 11.8 Å². The number of hydrogen-bond donors (Lipinski definition) is 0. The Bertz CT molecular complexity index is 1290. The second kappa shape index (κ2) is 23.9. The van der Waals surface area contributed by atoms with E-state index in [2.05, 4.69) is 95.9 Å². The van der Waals surface area contributed by atoms with Crippen molar-refractivity contribution in [1.29, 1.82) is 0 Å². The van der Waals surface area contributed by atoms with Gasteiger partial charge in [-0.05, 0) is 123 Å². The highest BCUT2D eigenvalue weighted by atomic mass is 19.1. The Morgan fingerprint density at radius 2 is 1.40 bits per heavy atom. The predicted molar refractivity (Wildman–Crippen MR) is 216 cm³/mol. The zero-order valence-electron chi connectivity index (χ0n) is 33.2. The summed E-state index contributed by atoms with van der Waals surface area (Å²) in [6, 6.07) is 11.7. The molecule has 1 aliphatic heterocycles. The summed E-state index contributed by atoms with van der Waals surface area (Å²) in [5.74, 6) is 0.847. The van der Waals surface area contributed by atoms with Gasteiger partial charge in [-0.25, -0.2) is 4.39 Å². The van der Waals surface area contributed by atoms with Gasteiger partial charge in [0.25, 0.3) is 0 Å². The summed E-state index contributed by atoms with van der Waals surface area (Å²) >= 11 is 0. The highest BCUT2D eigenvalue weighted by Crippen LogP contribution is 2.37. The summed E-state index contributed by atoms with van der Waals surface area (Å²) in [5, 5.41) is 0. The molecule has 2 aromatic carbocycles. The lowest BCUT2D eigenvalue weighted by molar-refractivity contribution is 0.254. The van der Waals surface area contributed by atoms with Crippen molar-refractivity contribution in [3.63, 3.8) is 0 Å². The van der Waals surface area contributed by atoms with Gasteiger partial charge in [-0.2, -0.15) is 0 Å². The molecule has 0 radical (unpaired) electrons. The Kier molecular flexibility index (Phi) is 22.2. The zero-order valence-corrected chi connectivity index (χ0v) is 33.2. The Hall–Kier alpha value is -3.33. The number of allylic oxidation sites excluding steroid dienone is 3. The third-order valence-electron chi connectivity index (χ3n) is 8.38. The lowest BCUT2D eigenvalue weighted by Crippen LogP contribution is -2.33. The van der Waals surface area contributed by atoms with Crippen LogP contribution in [0.4, 0.5) is 4.39 Å². The van der Waals surface area contributed by atoms with Gasteiger partial charge in [-0.1, -0.05) is 105 Å². The molecule has 0 amide bonds. The third-order valence-corrected chi connectivity index (χ3v) is 8.38. The largest absolute Gasteiger partial charge is 0.372 e. The van der Waals surface area contributed by atoms with E-state index < -0.39 is 0 Å². The fourth-order valence-electron chi connectivity index (χ4n) is 6.04. The first-order chi connectivity index (χ1) is 22.8. The van der Waals surface area contributed by atoms with Gasteiger partial charge in [0.05, 0.1) is 0 Å². The Morgan fingerprint density at radius 3 is 1.83 bits per heavy atom. The minimum atomic E-state index is -0.165. The molecule has 3 rings (SSSR count). The van der Waals surface area contributed by atoms with Gasteiger partial charge in [0.15, 0.2) is 0 Å². The molecule has 0 unspecified atom stereocenters. The van der Waals surface area contributed by atoms with Crippen LogP contribution in [0, 0.1) is 18.7 Å². The van der Waals surface area contributed by atoms with Crippen LogP contribution in [0.15, 0.2) is 85.6 Å².